The van der Waals surface area contributed by atoms with Gasteiger partial charge < -0.3 is 14.6 Å². The molecule has 0 aliphatic carbocycles. The molecule has 0 aliphatic heterocycles. The van der Waals surface area contributed by atoms with Gasteiger partial charge in [0.1, 0.15) is 5.75 Å². The molecule has 21 heavy (non-hydrogen) atoms. The Hall–Kier alpha value is -1.61. The smallest absolute Gasteiger partial charge is 0.142 e. The van der Waals surface area contributed by atoms with Gasteiger partial charge in [0, 0.05) is 23.5 Å². The molecule has 0 spiro atoms. The highest BCUT2D eigenvalue weighted by atomic mass is 35.5. The summed E-state index contributed by atoms with van der Waals surface area (Å²) in [6.45, 7) is 6.79. The van der Waals surface area contributed by atoms with E-state index in [-0.39, 0.29) is 0 Å². The SMILES string of the molecule is CCCOc1ccc(Cl)cc1NCc1cccn1CCC. The molecule has 0 saturated heterocycles. The number of nitrogens with zero attached hydrogens (tertiary/aromatic N) is 1. The first-order valence-corrected chi connectivity index (χ1v) is 7.92. The number of benzene rings is 1. The second-order valence-corrected chi connectivity index (χ2v) is 5.47. The van der Waals surface area contributed by atoms with E-state index in [1.54, 1.807) is 0 Å². The van der Waals surface area contributed by atoms with Gasteiger partial charge in [0.2, 0.25) is 0 Å². The zero-order valence-electron chi connectivity index (χ0n) is 12.7. The Morgan fingerprint density at radius 2 is 2.05 bits per heavy atom. The lowest BCUT2D eigenvalue weighted by atomic mass is 10.2. The molecule has 2 aromatic rings. The highest BCUT2D eigenvalue weighted by Gasteiger charge is 2.06. The van der Waals surface area contributed by atoms with Crippen LogP contribution in [-0.4, -0.2) is 11.2 Å². The fourth-order valence-electron chi connectivity index (χ4n) is 2.23. The lowest BCUT2D eigenvalue weighted by Crippen LogP contribution is -2.08. The number of ether oxygens (including phenoxy) is 1. The zero-order valence-corrected chi connectivity index (χ0v) is 13.5. The molecule has 1 N–H and O–H groups in total. The normalized spacial score (nSPS) is 10.6. The summed E-state index contributed by atoms with van der Waals surface area (Å²) in [6.07, 6.45) is 4.23. The summed E-state index contributed by atoms with van der Waals surface area (Å²) in [5.41, 5.74) is 2.21. The van der Waals surface area contributed by atoms with Crippen LogP contribution in [0.4, 0.5) is 5.69 Å². The zero-order chi connectivity index (χ0) is 15.1. The summed E-state index contributed by atoms with van der Waals surface area (Å²) < 4.78 is 8.03. The van der Waals surface area contributed by atoms with Crippen molar-refractivity contribution in [1.82, 2.24) is 4.57 Å². The van der Waals surface area contributed by atoms with Crippen LogP contribution in [0.5, 0.6) is 5.75 Å². The molecule has 114 valence electrons. The van der Waals surface area contributed by atoms with E-state index in [9.17, 15) is 0 Å². The number of nitrogens with one attached hydrogen (secondary N) is 1. The highest BCUT2D eigenvalue weighted by Crippen LogP contribution is 2.28. The molecule has 0 unspecified atom stereocenters. The van der Waals surface area contributed by atoms with Crippen molar-refractivity contribution in [2.24, 2.45) is 0 Å². The molecular formula is C17H23ClN2O. The van der Waals surface area contributed by atoms with Gasteiger partial charge in [0.05, 0.1) is 18.8 Å². The molecule has 1 heterocycles. The second kappa shape index (κ2) is 7.99. The van der Waals surface area contributed by atoms with Crippen molar-refractivity contribution in [3.8, 4) is 5.75 Å². The summed E-state index contributed by atoms with van der Waals surface area (Å²) in [4.78, 5) is 0. The molecule has 0 atom stereocenters. The van der Waals surface area contributed by atoms with Crippen molar-refractivity contribution in [2.45, 2.75) is 39.8 Å². The van der Waals surface area contributed by atoms with Crippen LogP contribution in [0.3, 0.4) is 0 Å². The minimum atomic E-state index is 0.711. The summed E-state index contributed by atoms with van der Waals surface area (Å²) in [5.74, 6) is 0.856. The topological polar surface area (TPSA) is 26.2 Å². The van der Waals surface area contributed by atoms with E-state index in [1.165, 1.54) is 5.69 Å². The Morgan fingerprint density at radius 3 is 2.81 bits per heavy atom. The molecular weight excluding hydrogens is 284 g/mol. The fourth-order valence-corrected chi connectivity index (χ4v) is 2.41. The highest BCUT2D eigenvalue weighted by molar-refractivity contribution is 6.30. The van der Waals surface area contributed by atoms with E-state index < -0.39 is 0 Å². The number of aryl methyl sites for hydroxylation is 1. The lowest BCUT2D eigenvalue weighted by molar-refractivity contribution is 0.319. The first kappa shape index (κ1) is 15.8. The largest absolute Gasteiger partial charge is 0.491 e. The lowest BCUT2D eigenvalue weighted by Gasteiger charge is -2.14. The van der Waals surface area contributed by atoms with Crippen LogP contribution in [-0.2, 0) is 13.1 Å². The van der Waals surface area contributed by atoms with Gasteiger partial charge >= 0.3 is 0 Å². The van der Waals surface area contributed by atoms with Gasteiger partial charge in [-0.2, -0.15) is 0 Å². The maximum absolute atomic E-state index is 6.09. The first-order chi connectivity index (χ1) is 10.2. The van der Waals surface area contributed by atoms with Crippen molar-refractivity contribution in [3.63, 3.8) is 0 Å². The van der Waals surface area contributed by atoms with Crippen LogP contribution in [0.25, 0.3) is 0 Å². The van der Waals surface area contributed by atoms with Crippen LogP contribution in [0, 0.1) is 0 Å². The second-order valence-electron chi connectivity index (χ2n) is 5.04. The van der Waals surface area contributed by atoms with E-state index in [2.05, 4.69) is 42.1 Å². The summed E-state index contributed by atoms with van der Waals surface area (Å²) in [7, 11) is 0. The van der Waals surface area contributed by atoms with Gasteiger partial charge in [0.15, 0.2) is 0 Å². The van der Waals surface area contributed by atoms with Crippen LogP contribution in [0.15, 0.2) is 36.5 Å². The van der Waals surface area contributed by atoms with Gasteiger partial charge in [-0.1, -0.05) is 25.4 Å². The molecule has 0 radical (unpaired) electrons. The number of halogens is 1. The van der Waals surface area contributed by atoms with E-state index >= 15 is 0 Å². The summed E-state index contributed by atoms with van der Waals surface area (Å²) in [5, 5.41) is 4.15. The molecule has 4 heteroatoms. The monoisotopic (exact) mass is 306 g/mol. The van der Waals surface area contributed by atoms with Crippen LogP contribution in [0.2, 0.25) is 5.02 Å². The average molecular weight is 307 g/mol. The summed E-state index contributed by atoms with van der Waals surface area (Å²) >= 11 is 6.09. The predicted octanol–water partition coefficient (Wildman–Crippen LogP) is 4.95. The number of aromatic nitrogens is 1. The molecule has 0 amide bonds. The molecule has 1 aromatic carbocycles. The van der Waals surface area contributed by atoms with Crippen molar-refractivity contribution < 1.29 is 4.74 Å². The predicted molar refractivity (Wildman–Crippen MR) is 89.3 cm³/mol. The van der Waals surface area contributed by atoms with Gasteiger partial charge in [-0.15, -0.1) is 0 Å². The molecule has 2 rings (SSSR count). The average Bonchev–Trinajstić information content (AvgIpc) is 2.92. The Morgan fingerprint density at radius 1 is 1.19 bits per heavy atom. The van der Waals surface area contributed by atoms with Crippen LogP contribution >= 0.6 is 11.6 Å². The molecule has 0 aliphatic rings. The minimum Gasteiger partial charge on any atom is -0.491 e. The van der Waals surface area contributed by atoms with E-state index in [1.807, 2.05) is 18.2 Å². The maximum Gasteiger partial charge on any atom is 0.142 e. The van der Waals surface area contributed by atoms with E-state index in [0.29, 0.717) is 11.6 Å². The van der Waals surface area contributed by atoms with Crippen molar-refractivity contribution in [1.29, 1.82) is 0 Å². The molecule has 3 nitrogen and oxygen atoms in total. The number of hydrogen-bond donors (Lipinski definition) is 1. The maximum atomic E-state index is 6.09. The third-order valence-electron chi connectivity index (χ3n) is 3.25. The fraction of sp³-hybridized carbons (Fsp3) is 0.412. The number of rotatable bonds is 8. The minimum absolute atomic E-state index is 0.711. The molecule has 0 bridgehead atoms. The Labute approximate surface area is 131 Å². The number of hydrogen-bond acceptors (Lipinski definition) is 2. The van der Waals surface area contributed by atoms with Gasteiger partial charge in [-0.05, 0) is 43.2 Å². The van der Waals surface area contributed by atoms with Gasteiger partial charge in [-0.3, -0.25) is 0 Å². The molecule has 0 saturated carbocycles. The molecule has 0 fully saturated rings. The standard InChI is InChI=1S/C17H23ClN2O/c1-3-9-20-10-5-6-15(20)13-19-16-12-14(18)7-8-17(16)21-11-4-2/h5-8,10,12,19H,3-4,9,11,13H2,1-2H3. The van der Waals surface area contributed by atoms with Crippen molar-refractivity contribution in [2.75, 3.05) is 11.9 Å². The van der Waals surface area contributed by atoms with Crippen LogP contribution < -0.4 is 10.1 Å². The third kappa shape index (κ3) is 4.43. The Balaban J connectivity index is 2.07. The van der Waals surface area contributed by atoms with E-state index in [0.717, 1.165) is 37.4 Å². The molecule has 1 aromatic heterocycles. The number of anilines is 1. The van der Waals surface area contributed by atoms with Crippen molar-refractivity contribution in [3.05, 3.63) is 47.2 Å². The third-order valence-corrected chi connectivity index (χ3v) is 3.49. The quantitative estimate of drug-likeness (QED) is 0.746. The van der Waals surface area contributed by atoms with Gasteiger partial charge in [0.25, 0.3) is 0 Å². The van der Waals surface area contributed by atoms with Crippen molar-refractivity contribution >= 4 is 17.3 Å². The first-order valence-electron chi connectivity index (χ1n) is 7.54. The Bertz CT molecular complexity index is 566. The van der Waals surface area contributed by atoms with Gasteiger partial charge in [-0.25, -0.2) is 0 Å². The van der Waals surface area contributed by atoms with E-state index in [4.69, 9.17) is 16.3 Å². The van der Waals surface area contributed by atoms with Crippen LogP contribution in [0.1, 0.15) is 32.4 Å². The Kier molecular flexibility index (Phi) is 6.00. The summed E-state index contributed by atoms with van der Waals surface area (Å²) in [6, 6.07) is 9.92.